The van der Waals surface area contributed by atoms with E-state index in [0.717, 1.165) is 42.8 Å². The Morgan fingerprint density at radius 2 is 1.79 bits per heavy atom. The van der Waals surface area contributed by atoms with Gasteiger partial charge in [0, 0.05) is 31.2 Å². The molecule has 0 fully saturated rings. The Morgan fingerprint density at radius 1 is 1.10 bits per heavy atom. The molecule has 0 aliphatic rings. The number of halogens is 1. The molecule has 2 N–H and O–H groups in total. The molecule has 1 aromatic carbocycles. The summed E-state index contributed by atoms with van der Waals surface area (Å²) in [7, 11) is 1.78. The van der Waals surface area contributed by atoms with Crippen molar-refractivity contribution < 1.29 is 4.74 Å². The van der Waals surface area contributed by atoms with Crippen LogP contribution in [-0.2, 0) is 19.5 Å². The number of hydrogen-bond donors (Lipinski definition) is 2. The Kier molecular flexibility index (Phi) is 12.9. The quantitative estimate of drug-likeness (QED) is 0.262. The Balaban J connectivity index is 0.00000420. The first-order chi connectivity index (χ1) is 13.7. The second-order valence-corrected chi connectivity index (χ2v) is 7.57. The van der Waals surface area contributed by atoms with Crippen LogP contribution >= 0.6 is 35.3 Å². The van der Waals surface area contributed by atoms with Crippen molar-refractivity contribution in [3.05, 3.63) is 45.9 Å². The molecule has 0 spiro atoms. The molecule has 162 valence electrons. The highest BCUT2D eigenvalue weighted by Crippen LogP contribution is 2.13. The van der Waals surface area contributed by atoms with E-state index in [1.54, 1.807) is 18.4 Å². The fourth-order valence-corrected chi connectivity index (χ4v) is 3.50. The van der Waals surface area contributed by atoms with Gasteiger partial charge in [0.15, 0.2) is 5.96 Å². The van der Waals surface area contributed by atoms with Crippen LogP contribution in [0.3, 0.4) is 0 Å². The molecule has 0 amide bonds. The Bertz CT molecular complexity index is 716. The van der Waals surface area contributed by atoms with Crippen molar-refractivity contribution in [1.82, 2.24) is 20.5 Å². The van der Waals surface area contributed by atoms with Gasteiger partial charge in [-0.3, -0.25) is 4.99 Å². The van der Waals surface area contributed by atoms with E-state index in [1.807, 2.05) is 18.3 Å². The second kappa shape index (κ2) is 14.6. The monoisotopic (exact) mass is 531 g/mol. The minimum absolute atomic E-state index is 0. The Hall–Kier alpha value is -1.39. The summed E-state index contributed by atoms with van der Waals surface area (Å²) in [5, 5.41) is 7.72. The van der Waals surface area contributed by atoms with E-state index in [-0.39, 0.29) is 24.0 Å². The third kappa shape index (κ3) is 9.31. The number of thiazole rings is 1. The van der Waals surface area contributed by atoms with Crippen molar-refractivity contribution in [3.8, 4) is 5.75 Å². The van der Waals surface area contributed by atoms with Crippen molar-refractivity contribution >= 4 is 41.3 Å². The summed E-state index contributed by atoms with van der Waals surface area (Å²) in [5.41, 5.74) is 1.18. The number of hydrogen-bond acceptors (Lipinski definition) is 5. The maximum Gasteiger partial charge on any atom is 0.191 e. The van der Waals surface area contributed by atoms with Crippen molar-refractivity contribution in [1.29, 1.82) is 0 Å². The number of aryl methyl sites for hydroxylation is 1. The Morgan fingerprint density at radius 3 is 2.38 bits per heavy atom. The van der Waals surface area contributed by atoms with E-state index in [0.29, 0.717) is 19.7 Å². The molecule has 0 aliphatic carbocycles. The average molecular weight is 532 g/mol. The summed E-state index contributed by atoms with van der Waals surface area (Å²) in [4.78, 5) is 12.4. The van der Waals surface area contributed by atoms with Gasteiger partial charge >= 0.3 is 0 Å². The minimum Gasteiger partial charge on any atom is -0.492 e. The van der Waals surface area contributed by atoms with Crippen LogP contribution in [0.15, 0.2) is 35.5 Å². The lowest BCUT2D eigenvalue weighted by molar-refractivity contribution is 0.223. The molecule has 2 rings (SSSR count). The SMILES string of the molecule is CCc1cnc(CNC(=NC)NCc2ccc(OCCN(CC)CC)cc2)s1.I. The van der Waals surface area contributed by atoms with Crippen LogP contribution in [-0.4, -0.2) is 49.1 Å². The highest BCUT2D eigenvalue weighted by atomic mass is 127. The third-order valence-corrected chi connectivity index (χ3v) is 5.68. The molecule has 2 aromatic rings. The van der Waals surface area contributed by atoms with Gasteiger partial charge in [-0.25, -0.2) is 4.98 Å². The fraction of sp³-hybridized carbons (Fsp3) is 0.524. The van der Waals surface area contributed by atoms with Crippen LogP contribution in [0.4, 0.5) is 0 Å². The predicted octanol–water partition coefficient (Wildman–Crippen LogP) is 3.91. The van der Waals surface area contributed by atoms with E-state index in [9.17, 15) is 0 Å². The molecular formula is C21H34IN5OS. The van der Waals surface area contributed by atoms with Crippen molar-refractivity contribution in [2.24, 2.45) is 4.99 Å². The number of benzene rings is 1. The number of ether oxygens (including phenoxy) is 1. The zero-order valence-electron chi connectivity index (χ0n) is 17.9. The van der Waals surface area contributed by atoms with E-state index in [4.69, 9.17) is 4.74 Å². The van der Waals surface area contributed by atoms with Crippen LogP contribution in [0.1, 0.15) is 36.2 Å². The molecule has 29 heavy (non-hydrogen) atoms. The molecule has 1 heterocycles. The molecule has 6 nitrogen and oxygen atoms in total. The van der Waals surface area contributed by atoms with Gasteiger partial charge in [0.2, 0.25) is 0 Å². The molecule has 0 saturated heterocycles. The normalized spacial score (nSPS) is 11.3. The number of nitrogens with zero attached hydrogens (tertiary/aromatic N) is 3. The largest absolute Gasteiger partial charge is 0.492 e. The van der Waals surface area contributed by atoms with Crippen molar-refractivity contribution in [3.63, 3.8) is 0 Å². The second-order valence-electron chi connectivity index (χ2n) is 6.37. The van der Waals surface area contributed by atoms with Gasteiger partial charge in [0.1, 0.15) is 17.4 Å². The van der Waals surface area contributed by atoms with Crippen LogP contribution in [0, 0.1) is 0 Å². The van der Waals surface area contributed by atoms with Gasteiger partial charge in [-0.15, -0.1) is 35.3 Å². The molecule has 0 saturated carbocycles. The lowest BCUT2D eigenvalue weighted by atomic mass is 10.2. The number of aliphatic imine (C=N–C) groups is 1. The van der Waals surface area contributed by atoms with Gasteiger partial charge in [-0.05, 0) is 37.2 Å². The lowest BCUT2D eigenvalue weighted by Crippen LogP contribution is -2.36. The van der Waals surface area contributed by atoms with Crippen LogP contribution in [0.25, 0.3) is 0 Å². The summed E-state index contributed by atoms with van der Waals surface area (Å²) < 4.78 is 5.84. The first-order valence-corrected chi connectivity index (χ1v) is 10.8. The van der Waals surface area contributed by atoms with Crippen LogP contribution in [0.2, 0.25) is 0 Å². The highest BCUT2D eigenvalue weighted by molar-refractivity contribution is 14.0. The van der Waals surface area contributed by atoms with Gasteiger partial charge in [-0.1, -0.05) is 32.9 Å². The highest BCUT2D eigenvalue weighted by Gasteiger charge is 2.04. The minimum atomic E-state index is 0. The third-order valence-electron chi connectivity index (χ3n) is 4.53. The summed E-state index contributed by atoms with van der Waals surface area (Å²) in [6, 6.07) is 8.22. The number of likely N-dealkylation sites (N-methyl/N-ethyl adjacent to an activating group) is 1. The van der Waals surface area contributed by atoms with Gasteiger partial charge in [0.05, 0.1) is 6.54 Å². The summed E-state index contributed by atoms with van der Waals surface area (Å²) in [5.74, 6) is 1.68. The van der Waals surface area contributed by atoms with Gasteiger partial charge in [0.25, 0.3) is 0 Å². The summed E-state index contributed by atoms with van der Waals surface area (Å²) in [6.07, 6.45) is 2.98. The van der Waals surface area contributed by atoms with Crippen LogP contribution < -0.4 is 15.4 Å². The van der Waals surface area contributed by atoms with Crippen molar-refractivity contribution in [2.45, 2.75) is 40.3 Å². The maximum absolute atomic E-state index is 5.84. The zero-order valence-corrected chi connectivity index (χ0v) is 21.0. The van der Waals surface area contributed by atoms with E-state index < -0.39 is 0 Å². The maximum atomic E-state index is 5.84. The predicted molar refractivity (Wildman–Crippen MR) is 134 cm³/mol. The molecule has 0 atom stereocenters. The first kappa shape index (κ1) is 25.6. The molecular weight excluding hydrogens is 497 g/mol. The lowest BCUT2D eigenvalue weighted by Gasteiger charge is -2.18. The number of aromatic nitrogens is 1. The van der Waals surface area contributed by atoms with Gasteiger partial charge < -0.3 is 20.3 Å². The molecule has 0 unspecified atom stereocenters. The number of rotatable bonds is 11. The first-order valence-electron chi connectivity index (χ1n) is 10.0. The van der Waals surface area contributed by atoms with Crippen LogP contribution in [0.5, 0.6) is 5.75 Å². The molecule has 8 heteroatoms. The van der Waals surface area contributed by atoms with E-state index in [1.165, 1.54) is 10.4 Å². The topological polar surface area (TPSA) is 61.8 Å². The number of guanidine groups is 1. The fourth-order valence-electron chi connectivity index (χ4n) is 2.69. The van der Waals surface area contributed by atoms with E-state index >= 15 is 0 Å². The molecule has 0 bridgehead atoms. The van der Waals surface area contributed by atoms with Gasteiger partial charge in [-0.2, -0.15) is 0 Å². The summed E-state index contributed by atoms with van der Waals surface area (Å²) in [6.45, 7) is 11.7. The average Bonchev–Trinajstić information content (AvgIpc) is 3.20. The molecule has 0 radical (unpaired) electrons. The zero-order chi connectivity index (χ0) is 20.2. The number of nitrogens with one attached hydrogen (secondary N) is 2. The smallest absolute Gasteiger partial charge is 0.191 e. The molecule has 0 aliphatic heterocycles. The van der Waals surface area contributed by atoms with Crippen molar-refractivity contribution in [2.75, 3.05) is 33.3 Å². The van der Waals surface area contributed by atoms with E-state index in [2.05, 4.69) is 58.4 Å². The standard InChI is InChI=1S/C21H33N5OS.HI/c1-5-19-15-23-20(28-19)16-25-21(22-4)24-14-17-8-10-18(11-9-17)27-13-12-26(6-2)7-3;/h8-11,15H,5-7,12-14,16H2,1-4H3,(H2,22,24,25);1H. The Labute approximate surface area is 196 Å². The molecule has 1 aromatic heterocycles. The summed E-state index contributed by atoms with van der Waals surface area (Å²) >= 11 is 1.74.